The molecule has 1 atom stereocenters. The van der Waals surface area contributed by atoms with E-state index in [9.17, 15) is 18.3 Å². The third kappa shape index (κ3) is 2.06. The van der Waals surface area contributed by atoms with E-state index in [1.165, 1.54) is 12.3 Å². The van der Waals surface area contributed by atoms with E-state index >= 15 is 0 Å². The van der Waals surface area contributed by atoms with Crippen molar-refractivity contribution < 1.29 is 18.3 Å². The molecule has 0 radical (unpaired) electrons. The highest BCUT2D eigenvalue weighted by Crippen LogP contribution is 2.38. The van der Waals surface area contributed by atoms with Crippen molar-refractivity contribution in [1.82, 2.24) is 4.98 Å². The molecule has 0 aliphatic rings. The Morgan fingerprint density at radius 1 is 1.36 bits per heavy atom. The first-order valence-corrected chi connectivity index (χ1v) is 4.44. The normalized spacial score (nSPS) is 16.4. The maximum Gasteiger partial charge on any atom is 0.421 e. The van der Waals surface area contributed by atoms with Crippen molar-refractivity contribution in [2.45, 2.75) is 18.7 Å². The molecule has 1 aromatic rings. The predicted octanol–water partition coefficient (Wildman–Crippen LogP) is 2.61. The number of rotatable bonds is 1. The van der Waals surface area contributed by atoms with E-state index < -0.39 is 11.8 Å². The van der Waals surface area contributed by atoms with Gasteiger partial charge < -0.3 is 5.11 Å². The van der Waals surface area contributed by atoms with E-state index in [-0.39, 0.29) is 5.56 Å². The van der Waals surface area contributed by atoms with Gasteiger partial charge in [0, 0.05) is 22.4 Å². The Bertz CT molecular complexity index is 338. The van der Waals surface area contributed by atoms with Crippen molar-refractivity contribution in [3.05, 3.63) is 28.5 Å². The van der Waals surface area contributed by atoms with Gasteiger partial charge in [0.05, 0.1) is 0 Å². The van der Waals surface area contributed by atoms with Gasteiger partial charge in [0.1, 0.15) is 0 Å². The molecule has 1 rings (SSSR count). The van der Waals surface area contributed by atoms with Gasteiger partial charge in [-0.05, 0) is 28.9 Å². The number of halogens is 4. The van der Waals surface area contributed by atoms with E-state index in [0.717, 1.165) is 6.20 Å². The lowest BCUT2D eigenvalue weighted by Gasteiger charge is -2.26. The molecule has 0 bridgehead atoms. The topological polar surface area (TPSA) is 33.1 Å². The molecule has 0 fully saturated rings. The first-order valence-electron chi connectivity index (χ1n) is 3.65. The molecule has 1 aromatic heterocycles. The number of aromatic nitrogens is 1. The Balaban J connectivity index is 3.16. The zero-order valence-electron chi connectivity index (χ0n) is 7.14. The van der Waals surface area contributed by atoms with Crippen LogP contribution in [-0.2, 0) is 5.60 Å². The SMILES string of the molecule is C[C@](O)(c1cncc(Br)c1)C(F)(F)F. The Kier molecular flexibility index (Phi) is 2.87. The van der Waals surface area contributed by atoms with E-state index in [2.05, 4.69) is 20.9 Å². The average molecular weight is 270 g/mol. The summed E-state index contributed by atoms with van der Waals surface area (Å²) < 4.78 is 37.5. The highest BCUT2D eigenvalue weighted by molar-refractivity contribution is 9.10. The lowest BCUT2D eigenvalue weighted by molar-refractivity contribution is -0.259. The van der Waals surface area contributed by atoms with E-state index in [0.29, 0.717) is 11.4 Å². The Morgan fingerprint density at radius 2 is 1.93 bits per heavy atom. The summed E-state index contributed by atoms with van der Waals surface area (Å²) in [6, 6.07) is 1.18. The smallest absolute Gasteiger partial charge is 0.376 e. The van der Waals surface area contributed by atoms with Gasteiger partial charge in [-0.15, -0.1) is 0 Å². The first kappa shape index (κ1) is 11.5. The summed E-state index contributed by atoms with van der Waals surface area (Å²) in [7, 11) is 0. The van der Waals surface area contributed by atoms with Crippen molar-refractivity contribution in [3.63, 3.8) is 0 Å². The number of aliphatic hydroxyl groups is 1. The van der Waals surface area contributed by atoms with Crippen LogP contribution >= 0.6 is 15.9 Å². The van der Waals surface area contributed by atoms with Gasteiger partial charge >= 0.3 is 6.18 Å². The molecule has 0 saturated carbocycles. The molecule has 1 N–H and O–H groups in total. The molecule has 2 nitrogen and oxygen atoms in total. The second-order valence-electron chi connectivity index (χ2n) is 2.96. The number of alkyl halides is 3. The Morgan fingerprint density at radius 3 is 2.36 bits per heavy atom. The van der Waals surface area contributed by atoms with Gasteiger partial charge in [0.25, 0.3) is 0 Å². The summed E-state index contributed by atoms with van der Waals surface area (Å²) >= 11 is 2.98. The number of nitrogens with zero attached hydrogens (tertiary/aromatic N) is 1. The van der Waals surface area contributed by atoms with Crippen LogP contribution in [0.25, 0.3) is 0 Å². The van der Waals surface area contributed by atoms with Crippen molar-refractivity contribution in [1.29, 1.82) is 0 Å². The number of hydrogen-bond acceptors (Lipinski definition) is 2. The predicted molar refractivity (Wildman–Crippen MR) is 47.6 cm³/mol. The van der Waals surface area contributed by atoms with Crippen LogP contribution in [0.2, 0.25) is 0 Å². The lowest BCUT2D eigenvalue weighted by atomic mass is 9.97. The molecule has 1 heterocycles. The zero-order valence-corrected chi connectivity index (χ0v) is 8.72. The maximum absolute atomic E-state index is 12.4. The van der Waals surface area contributed by atoms with Crippen LogP contribution in [-0.4, -0.2) is 16.3 Å². The summed E-state index contributed by atoms with van der Waals surface area (Å²) in [4.78, 5) is 3.56. The van der Waals surface area contributed by atoms with Gasteiger partial charge in [-0.1, -0.05) is 0 Å². The number of pyridine rings is 1. The third-order valence-corrected chi connectivity index (χ3v) is 2.25. The summed E-state index contributed by atoms with van der Waals surface area (Å²) in [6.07, 6.45) is -2.39. The van der Waals surface area contributed by atoms with Gasteiger partial charge in [-0.3, -0.25) is 4.98 Å². The quantitative estimate of drug-likeness (QED) is 0.850. The van der Waals surface area contributed by atoms with Gasteiger partial charge in [0.15, 0.2) is 5.60 Å². The summed E-state index contributed by atoms with van der Waals surface area (Å²) in [5.41, 5.74) is -3.16. The second kappa shape index (κ2) is 3.51. The largest absolute Gasteiger partial charge is 0.421 e. The molecule has 0 amide bonds. The van der Waals surface area contributed by atoms with Crippen LogP contribution in [0.4, 0.5) is 13.2 Å². The zero-order chi connectivity index (χ0) is 11.0. The van der Waals surface area contributed by atoms with Crippen LogP contribution in [0.15, 0.2) is 22.9 Å². The fourth-order valence-corrected chi connectivity index (χ4v) is 1.21. The fourth-order valence-electron chi connectivity index (χ4n) is 0.842. The summed E-state index contributed by atoms with van der Waals surface area (Å²) in [5.74, 6) is 0. The first-order chi connectivity index (χ1) is 6.25. The van der Waals surface area contributed by atoms with Gasteiger partial charge in [-0.25, -0.2) is 0 Å². The standard InChI is InChI=1S/C8H7BrF3NO/c1-7(14,8(10,11)12)5-2-6(9)4-13-3-5/h2-4,14H,1H3/t7-/m0/s1. The van der Waals surface area contributed by atoms with Crippen LogP contribution in [0, 0.1) is 0 Å². The minimum atomic E-state index is -4.71. The van der Waals surface area contributed by atoms with E-state index in [4.69, 9.17) is 0 Å². The molecular weight excluding hydrogens is 263 g/mol. The number of hydrogen-bond donors (Lipinski definition) is 1. The summed E-state index contributed by atoms with van der Waals surface area (Å²) in [5, 5.41) is 9.26. The highest BCUT2D eigenvalue weighted by atomic mass is 79.9. The van der Waals surface area contributed by atoms with Crippen molar-refractivity contribution >= 4 is 15.9 Å². The molecular formula is C8H7BrF3NO. The van der Waals surface area contributed by atoms with Crippen LogP contribution in [0.1, 0.15) is 12.5 Å². The summed E-state index contributed by atoms with van der Waals surface area (Å²) in [6.45, 7) is 0.691. The van der Waals surface area contributed by atoms with Crippen LogP contribution in [0.3, 0.4) is 0 Å². The molecule has 0 unspecified atom stereocenters. The molecule has 0 aliphatic heterocycles. The molecule has 0 aliphatic carbocycles. The second-order valence-corrected chi connectivity index (χ2v) is 3.88. The minimum Gasteiger partial charge on any atom is -0.376 e. The Hall–Kier alpha value is -0.620. The molecule has 6 heteroatoms. The lowest BCUT2D eigenvalue weighted by Crippen LogP contribution is -2.39. The average Bonchev–Trinajstić information content (AvgIpc) is 2.02. The van der Waals surface area contributed by atoms with Gasteiger partial charge in [0.2, 0.25) is 0 Å². The van der Waals surface area contributed by atoms with Crippen molar-refractivity contribution in [2.24, 2.45) is 0 Å². The maximum atomic E-state index is 12.4. The third-order valence-electron chi connectivity index (χ3n) is 1.82. The monoisotopic (exact) mass is 269 g/mol. The molecule has 0 saturated heterocycles. The minimum absolute atomic E-state index is 0.292. The van der Waals surface area contributed by atoms with Crippen LogP contribution in [0.5, 0.6) is 0 Å². The van der Waals surface area contributed by atoms with Gasteiger partial charge in [-0.2, -0.15) is 13.2 Å². The molecule has 14 heavy (non-hydrogen) atoms. The van der Waals surface area contributed by atoms with E-state index in [1.807, 2.05) is 0 Å². The fraction of sp³-hybridized carbons (Fsp3) is 0.375. The molecule has 78 valence electrons. The van der Waals surface area contributed by atoms with Crippen molar-refractivity contribution in [2.75, 3.05) is 0 Å². The Labute approximate surface area is 86.9 Å². The highest BCUT2D eigenvalue weighted by Gasteiger charge is 2.51. The van der Waals surface area contributed by atoms with Crippen molar-refractivity contribution in [3.8, 4) is 0 Å². The van der Waals surface area contributed by atoms with Crippen LogP contribution < -0.4 is 0 Å². The van der Waals surface area contributed by atoms with E-state index in [1.54, 1.807) is 0 Å². The molecule has 0 spiro atoms. The molecule has 0 aromatic carbocycles.